The Morgan fingerprint density at radius 2 is 1.82 bits per heavy atom. The summed E-state index contributed by atoms with van der Waals surface area (Å²) in [5.74, 6) is 1.58. The molecule has 2 aromatic carbocycles. The van der Waals surface area contributed by atoms with Crippen LogP contribution in [0.3, 0.4) is 0 Å². The molecular formula is C28H35N9O. The first kappa shape index (κ1) is 24.4. The lowest BCUT2D eigenvalue weighted by atomic mass is 10.0. The SMILES string of the molecule is COc1cc(N2CCC(N3CCN(C)CC3)CC2)ccc1Nc1ncc(-c2ccc3[nH]ncc3c2)c(N)n1. The van der Waals surface area contributed by atoms with E-state index in [4.69, 9.17) is 10.5 Å². The highest BCUT2D eigenvalue weighted by molar-refractivity contribution is 5.86. The molecule has 0 aliphatic carbocycles. The van der Waals surface area contributed by atoms with Gasteiger partial charge < -0.3 is 25.6 Å². The van der Waals surface area contributed by atoms with E-state index in [1.54, 1.807) is 19.5 Å². The zero-order valence-corrected chi connectivity index (χ0v) is 22.0. The molecular weight excluding hydrogens is 478 g/mol. The van der Waals surface area contributed by atoms with Crippen molar-refractivity contribution in [2.75, 3.05) is 69.4 Å². The fraction of sp³-hybridized carbons (Fsp3) is 0.393. The number of anilines is 4. The summed E-state index contributed by atoms with van der Waals surface area (Å²) in [4.78, 5) is 16.6. The largest absolute Gasteiger partial charge is 0.494 e. The molecule has 0 unspecified atom stereocenters. The quantitative estimate of drug-likeness (QED) is 0.356. The number of aromatic amines is 1. The highest BCUT2D eigenvalue weighted by Crippen LogP contribution is 2.34. The van der Waals surface area contributed by atoms with Crippen molar-refractivity contribution in [3.63, 3.8) is 0 Å². The van der Waals surface area contributed by atoms with Crippen LogP contribution in [0, 0.1) is 0 Å². The molecule has 2 aliphatic heterocycles. The molecule has 4 N–H and O–H groups in total. The van der Waals surface area contributed by atoms with E-state index in [2.05, 4.69) is 59.4 Å². The van der Waals surface area contributed by atoms with Crippen LogP contribution in [0.2, 0.25) is 0 Å². The number of nitrogens with two attached hydrogens (primary N) is 1. The van der Waals surface area contributed by atoms with Crippen molar-refractivity contribution in [3.05, 3.63) is 48.8 Å². The Balaban J connectivity index is 1.13. The number of piperidine rings is 1. The van der Waals surface area contributed by atoms with Crippen LogP contribution in [0.4, 0.5) is 23.1 Å². The first-order valence-electron chi connectivity index (χ1n) is 13.3. The molecule has 0 radical (unpaired) electrons. The van der Waals surface area contributed by atoms with Gasteiger partial charge in [-0.3, -0.25) is 10.00 Å². The molecule has 38 heavy (non-hydrogen) atoms. The Morgan fingerprint density at radius 3 is 2.58 bits per heavy atom. The Kier molecular flexibility index (Phi) is 6.73. The number of H-pyrrole nitrogens is 1. The molecule has 6 rings (SSSR count). The number of ether oxygens (including phenoxy) is 1. The predicted octanol–water partition coefficient (Wildman–Crippen LogP) is 3.57. The summed E-state index contributed by atoms with van der Waals surface area (Å²) in [6.07, 6.45) is 5.92. The number of fused-ring (bicyclic) bond motifs is 1. The molecule has 0 amide bonds. The second kappa shape index (κ2) is 10.5. The molecule has 0 bridgehead atoms. The van der Waals surface area contributed by atoms with E-state index in [1.165, 1.54) is 44.7 Å². The zero-order chi connectivity index (χ0) is 26.1. The molecule has 2 fully saturated rings. The van der Waals surface area contributed by atoms with Crippen LogP contribution < -0.4 is 20.7 Å². The van der Waals surface area contributed by atoms with Crippen LogP contribution in [0.1, 0.15) is 12.8 Å². The number of likely N-dealkylation sites (N-methyl/N-ethyl adjacent to an activating group) is 1. The summed E-state index contributed by atoms with van der Waals surface area (Å²) in [5, 5.41) is 11.3. The molecule has 2 saturated heterocycles. The van der Waals surface area contributed by atoms with Crippen molar-refractivity contribution < 1.29 is 4.74 Å². The van der Waals surface area contributed by atoms with Crippen LogP contribution >= 0.6 is 0 Å². The average molecular weight is 514 g/mol. The highest BCUT2D eigenvalue weighted by atomic mass is 16.5. The number of aromatic nitrogens is 4. The number of nitrogens with one attached hydrogen (secondary N) is 2. The van der Waals surface area contributed by atoms with Gasteiger partial charge in [0.05, 0.1) is 24.5 Å². The Labute approximate surface area is 222 Å². The maximum atomic E-state index is 6.33. The lowest BCUT2D eigenvalue weighted by Crippen LogP contribution is -2.52. The summed E-state index contributed by atoms with van der Waals surface area (Å²) in [7, 11) is 3.90. The summed E-state index contributed by atoms with van der Waals surface area (Å²) < 4.78 is 5.73. The normalized spacial score (nSPS) is 17.7. The van der Waals surface area contributed by atoms with E-state index in [1.807, 2.05) is 24.3 Å². The van der Waals surface area contributed by atoms with Crippen molar-refractivity contribution in [1.82, 2.24) is 30.0 Å². The minimum atomic E-state index is 0.407. The molecule has 0 atom stereocenters. The minimum Gasteiger partial charge on any atom is -0.494 e. The number of rotatable bonds is 6. The fourth-order valence-corrected chi connectivity index (χ4v) is 5.56. The van der Waals surface area contributed by atoms with Gasteiger partial charge in [-0.25, -0.2) is 4.98 Å². The Hall–Kier alpha value is -3.89. The maximum Gasteiger partial charge on any atom is 0.229 e. The topological polar surface area (TPSA) is 111 Å². The van der Waals surface area contributed by atoms with Gasteiger partial charge in [0.25, 0.3) is 0 Å². The average Bonchev–Trinajstić information content (AvgIpc) is 3.42. The van der Waals surface area contributed by atoms with Gasteiger partial charge in [0.1, 0.15) is 11.6 Å². The predicted molar refractivity (Wildman–Crippen MR) is 152 cm³/mol. The monoisotopic (exact) mass is 513 g/mol. The van der Waals surface area contributed by atoms with Crippen molar-refractivity contribution >= 4 is 34.0 Å². The molecule has 10 heteroatoms. The van der Waals surface area contributed by atoms with E-state index in [-0.39, 0.29) is 0 Å². The first-order valence-corrected chi connectivity index (χ1v) is 13.3. The van der Waals surface area contributed by atoms with Crippen LogP contribution in [-0.2, 0) is 0 Å². The van der Waals surface area contributed by atoms with Gasteiger partial charge in [-0.15, -0.1) is 0 Å². The van der Waals surface area contributed by atoms with E-state index in [0.29, 0.717) is 17.8 Å². The van der Waals surface area contributed by atoms with Crippen LogP contribution in [0.25, 0.3) is 22.0 Å². The van der Waals surface area contributed by atoms with Crippen molar-refractivity contribution in [3.8, 4) is 16.9 Å². The molecule has 10 nitrogen and oxygen atoms in total. The lowest BCUT2D eigenvalue weighted by Gasteiger charge is -2.42. The van der Waals surface area contributed by atoms with Gasteiger partial charge >= 0.3 is 0 Å². The number of methoxy groups -OCH3 is 1. The lowest BCUT2D eigenvalue weighted by molar-refractivity contribution is 0.0982. The number of nitrogens with zero attached hydrogens (tertiary/aromatic N) is 6. The number of hydrogen-bond donors (Lipinski definition) is 3. The maximum absolute atomic E-state index is 6.33. The molecule has 4 aromatic rings. The van der Waals surface area contributed by atoms with Crippen molar-refractivity contribution in [2.45, 2.75) is 18.9 Å². The number of benzene rings is 2. The fourth-order valence-electron chi connectivity index (χ4n) is 5.56. The molecule has 2 aromatic heterocycles. The standard InChI is InChI=1S/C28H35N9O/c1-35-11-13-37(14-12-35)21-7-9-36(10-8-21)22-4-6-25(26(16-22)38-2)32-28-30-18-23(27(29)33-28)19-3-5-24-20(15-19)17-31-34-24/h3-6,15-18,21H,7-14H2,1-2H3,(H,31,34)(H3,29,30,32,33). The van der Waals surface area contributed by atoms with Crippen LogP contribution in [-0.4, -0.2) is 89.4 Å². The second-order valence-electron chi connectivity index (χ2n) is 10.2. The second-order valence-corrected chi connectivity index (χ2v) is 10.2. The van der Waals surface area contributed by atoms with E-state index < -0.39 is 0 Å². The summed E-state index contributed by atoms with van der Waals surface area (Å²) in [6, 6.07) is 12.9. The van der Waals surface area contributed by atoms with Gasteiger partial charge in [0, 0.05) is 74.2 Å². The third-order valence-corrected chi connectivity index (χ3v) is 7.88. The third-order valence-electron chi connectivity index (χ3n) is 7.88. The van der Waals surface area contributed by atoms with Gasteiger partial charge in [-0.05, 0) is 49.7 Å². The van der Waals surface area contributed by atoms with E-state index >= 15 is 0 Å². The first-order chi connectivity index (χ1) is 18.6. The van der Waals surface area contributed by atoms with Gasteiger partial charge in [-0.1, -0.05) is 6.07 Å². The third kappa shape index (κ3) is 4.97. The molecule has 2 aliphatic rings. The Morgan fingerprint density at radius 1 is 1.00 bits per heavy atom. The Bertz CT molecular complexity index is 1400. The number of nitrogen functional groups attached to an aromatic ring is 1. The summed E-state index contributed by atoms with van der Waals surface area (Å²) >= 11 is 0. The van der Waals surface area contributed by atoms with Crippen molar-refractivity contribution in [2.24, 2.45) is 0 Å². The van der Waals surface area contributed by atoms with Crippen LogP contribution in [0.15, 0.2) is 48.8 Å². The summed E-state index contributed by atoms with van der Waals surface area (Å²) in [5.41, 5.74) is 11.0. The van der Waals surface area contributed by atoms with Crippen LogP contribution in [0.5, 0.6) is 5.75 Å². The smallest absolute Gasteiger partial charge is 0.229 e. The minimum absolute atomic E-state index is 0.407. The number of hydrogen-bond acceptors (Lipinski definition) is 9. The molecule has 0 saturated carbocycles. The molecule has 198 valence electrons. The molecule has 0 spiro atoms. The van der Waals surface area contributed by atoms with Gasteiger partial charge in [0.15, 0.2) is 0 Å². The molecule has 4 heterocycles. The van der Waals surface area contributed by atoms with E-state index in [9.17, 15) is 0 Å². The van der Waals surface area contributed by atoms with Gasteiger partial charge in [0.2, 0.25) is 5.95 Å². The number of piperazine rings is 1. The summed E-state index contributed by atoms with van der Waals surface area (Å²) in [6.45, 7) is 6.82. The van der Waals surface area contributed by atoms with Gasteiger partial charge in [-0.2, -0.15) is 10.1 Å². The van der Waals surface area contributed by atoms with Crippen molar-refractivity contribution in [1.29, 1.82) is 0 Å². The highest BCUT2D eigenvalue weighted by Gasteiger charge is 2.27. The van der Waals surface area contributed by atoms with E-state index in [0.717, 1.165) is 46.6 Å². The zero-order valence-electron chi connectivity index (χ0n) is 22.0.